The van der Waals surface area contributed by atoms with E-state index in [4.69, 9.17) is 9.47 Å². The summed E-state index contributed by atoms with van der Waals surface area (Å²) in [6.45, 7) is 2.22. The molecule has 0 radical (unpaired) electrons. The van der Waals surface area contributed by atoms with E-state index in [2.05, 4.69) is 0 Å². The van der Waals surface area contributed by atoms with Gasteiger partial charge < -0.3 is 9.47 Å². The lowest BCUT2D eigenvalue weighted by Crippen LogP contribution is -2.05. The Labute approximate surface area is 117 Å². The number of benzene rings is 2. The van der Waals surface area contributed by atoms with Crippen molar-refractivity contribution in [2.45, 2.75) is 6.92 Å². The zero-order chi connectivity index (χ0) is 14.5. The van der Waals surface area contributed by atoms with Crippen LogP contribution in [0, 0.1) is 5.82 Å². The van der Waals surface area contributed by atoms with E-state index in [-0.39, 0.29) is 5.82 Å². The zero-order valence-corrected chi connectivity index (χ0v) is 11.4. The summed E-state index contributed by atoms with van der Waals surface area (Å²) in [5.41, 5.74) is 1.44. The smallest absolute Gasteiger partial charge is 0.341 e. The van der Waals surface area contributed by atoms with Gasteiger partial charge in [-0.2, -0.15) is 0 Å². The molecule has 0 saturated heterocycles. The molecule has 0 spiro atoms. The minimum absolute atomic E-state index is 0.319. The number of methoxy groups -OCH3 is 1. The molecule has 0 unspecified atom stereocenters. The quantitative estimate of drug-likeness (QED) is 0.798. The number of ether oxygens (including phenoxy) is 2. The van der Waals surface area contributed by atoms with Crippen molar-refractivity contribution in [1.82, 2.24) is 0 Å². The van der Waals surface area contributed by atoms with Crippen molar-refractivity contribution in [2.75, 3.05) is 13.7 Å². The molecule has 0 aliphatic rings. The summed E-state index contributed by atoms with van der Waals surface area (Å²) in [5.74, 6) is -0.408. The van der Waals surface area contributed by atoms with E-state index in [0.717, 1.165) is 0 Å². The maximum Gasteiger partial charge on any atom is 0.341 e. The largest absolute Gasteiger partial charge is 0.493 e. The van der Waals surface area contributed by atoms with Gasteiger partial charge in [0.1, 0.15) is 17.1 Å². The minimum Gasteiger partial charge on any atom is -0.493 e. The van der Waals surface area contributed by atoms with Crippen LogP contribution in [0.15, 0.2) is 42.5 Å². The highest BCUT2D eigenvalue weighted by molar-refractivity contribution is 5.93. The lowest BCUT2D eigenvalue weighted by atomic mass is 10.0. The molecule has 0 aliphatic heterocycles. The average Bonchev–Trinajstić information content (AvgIpc) is 2.47. The maximum absolute atomic E-state index is 13.8. The van der Waals surface area contributed by atoms with Crippen LogP contribution in [0.2, 0.25) is 0 Å². The second-order valence-corrected chi connectivity index (χ2v) is 4.12. The number of esters is 1. The van der Waals surface area contributed by atoms with Crippen LogP contribution in [0.3, 0.4) is 0 Å². The number of carbonyl (C=O) groups is 1. The standard InChI is InChI=1S/C16H15FO3/c1-3-20-15-10-11(8-9-13(15)16(18)19-2)12-6-4-5-7-14(12)17/h4-10H,3H2,1-2H3. The van der Waals surface area contributed by atoms with Gasteiger partial charge in [0.05, 0.1) is 13.7 Å². The van der Waals surface area contributed by atoms with E-state index in [1.54, 1.807) is 36.4 Å². The predicted octanol–water partition coefficient (Wildman–Crippen LogP) is 3.68. The van der Waals surface area contributed by atoms with Crippen LogP contribution in [-0.2, 0) is 4.74 Å². The van der Waals surface area contributed by atoms with Crippen LogP contribution < -0.4 is 4.74 Å². The Bertz CT molecular complexity index is 623. The van der Waals surface area contributed by atoms with Gasteiger partial charge in [0, 0.05) is 5.56 Å². The lowest BCUT2D eigenvalue weighted by molar-refractivity contribution is 0.0596. The topological polar surface area (TPSA) is 35.5 Å². The van der Waals surface area contributed by atoms with Gasteiger partial charge in [-0.15, -0.1) is 0 Å². The number of carbonyl (C=O) groups excluding carboxylic acids is 1. The summed E-state index contributed by atoms with van der Waals surface area (Å²) >= 11 is 0. The first-order valence-corrected chi connectivity index (χ1v) is 6.27. The summed E-state index contributed by atoms with van der Waals surface area (Å²) in [6, 6.07) is 11.4. The minimum atomic E-state index is -0.478. The van der Waals surface area contributed by atoms with Gasteiger partial charge in [-0.3, -0.25) is 0 Å². The first kappa shape index (κ1) is 14.1. The van der Waals surface area contributed by atoms with Crippen molar-refractivity contribution in [3.8, 4) is 16.9 Å². The van der Waals surface area contributed by atoms with Crippen LogP contribution in [0.25, 0.3) is 11.1 Å². The lowest BCUT2D eigenvalue weighted by Gasteiger charge is -2.11. The van der Waals surface area contributed by atoms with Crippen LogP contribution in [0.1, 0.15) is 17.3 Å². The Morgan fingerprint density at radius 1 is 1.20 bits per heavy atom. The number of halogens is 1. The van der Waals surface area contributed by atoms with Gasteiger partial charge in [0.15, 0.2) is 0 Å². The molecule has 0 atom stereocenters. The molecule has 3 nitrogen and oxygen atoms in total. The van der Waals surface area contributed by atoms with Gasteiger partial charge in [-0.05, 0) is 30.7 Å². The second-order valence-electron chi connectivity index (χ2n) is 4.12. The summed E-state index contributed by atoms with van der Waals surface area (Å²) in [7, 11) is 1.31. The molecule has 2 rings (SSSR count). The van der Waals surface area contributed by atoms with Crippen LogP contribution in [0.4, 0.5) is 4.39 Å². The van der Waals surface area contributed by atoms with E-state index in [1.807, 2.05) is 6.92 Å². The predicted molar refractivity (Wildman–Crippen MR) is 74.3 cm³/mol. The van der Waals surface area contributed by atoms with Crippen molar-refractivity contribution in [2.24, 2.45) is 0 Å². The molecule has 0 amide bonds. The number of rotatable bonds is 4. The highest BCUT2D eigenvalue weighted by Crippen LogP contribution is 2.29. The molecule has 0 N–H and O–H groups in total. The zero-order valence-electron chi connectivity index (χ0n) is 11.4. The van der Waals surface area contributed by atoms with Crippen molar-refractivity contribution >= 4 is 5.97 Å². The Balaban J connectivity index is 2.50. The highest BCUT2D eigenvalue weighted by atomic mass is 19.1. The van der Waals surface area contributed by atoms with E-state index in [9.17, 15) is 9.18 Å². The molecule has 0 heterocycles. The normalized spacial score (nSPS) is 10.2. The van der Waals surface area contributed by atoms with Crippen LogP contribution in [-0.4, -0.2) is 19.7 Å². The fourth-order valence-electron chi connectivity index (χ4n) is 1.94. The summed E-state index contributed by atoms with van der Waals surface area (Å²) in [4.78, 5) is 11.6. The van der Waals surface area contributed by atoms with Gasteiger partial charge in [0.25, 0.3) is 0 Å². The molecule has 0 aliphatic carbocycles. The third kappa shape index (κ3) is 2.79. The van der Waals surface area contributed by atoms with Crippen LogP contribution in [0.5, 0.6) is 5.75 Å². The Morgan fingerprint density at radius 3 is 2.60 bits per heavy atom. The van der Waals surface area contributed by atoms with Crippen molar-refractivity contribution < 1.29 is 18.7 Å². The molecule has 20 heavy (non-hydrogen) atoms. The van der Waals surface area contributed by atoms with E-state index >= 15 is 0 Å². The van der Waals surface area contributed by atoms with Crippen LogP contribution >= 0.6 is 0 Å². The number of hydrogen-bond donors (Lipinski definition) is 0. The number of hydrogen-bond acceptors (Lipinski definition) is 3. The molecule has 2 aromatic rings. The van der Waals surface area contributed by atoms with E-state index < -0.39 is 5.97 Å². The molecule has 0 aromatic heterocycles. The first-order valence-electron chi connectivity index (χ1n) is 6.27. The summed E-state index contributed by atoms with van der Waals surface area (Å²) in [5, 5.41) is 0. The molecule has 4 heteroatoms. The molecule has 0 fully saturated rings. The van der Waals surface area contributed by atoms with Gasteiger partial charge in [-0.25, -0.2) is 9.18 Å². The molecule has 0 bridgehead atoms. The fraction of sp³-hybridized carbons (Fsp3) is 0.188. The van der Waals surface area contributed by atoms with Gasteiger partial charge in [0.2, 0.25) is 0 Å². The molecule has 104 valence electrons. The van der Waals surface area contributed by atoms with E-state index in [0.29, 0.717) is 29.0 Å². The Hall–Kier alpha value is -2.36. The SMILES string of the molecule is CCOc1cc(-c2ccccc2F)ccc1C(=O)OC. The maximum atomic E-state index is 13.8. The molecule has 0 saturated carbocycles. The Morgan fingerprint density at radius 2 is 1.95 bits per heavy atom. The monoisotopic (exact) mass is 274 g/mol. The third-order valence-corrected chi connectivity index (χ3v) is 2.87. The van der Waals surface area contributed by atoms with Crippen molar-refractivity contribution in [1.29, 1.82) is 0 Å². The molecule has 2 aromatic carbocycles. The van der Waals surface area contributed by atoms with Crippen molar-refractivity contribution in [3.05, 3.63) is 53.8 Å². The Kier molecular flexibility index (Phi) is 4.35. The fourth-order valence-corrected chi connectivity index (χ4v) is 1.94. The summed E-state index contributed by atoms with van der Waals surface area (Å²) in [6.07, 6.45) is 0. The van der Waals surface area contributed by atoms with E-state index in [1.165, 1.54) is 13.2 Å². The highest BCUT2D eigenvalue weighted by Gasteiger charge is 2.15. The average molecular weight is 274 g/mol. The van der Waals surface area contributed by atoms with Gasteiger partial charge >= 0.3 is 5.97 Å². The van der Waals surface area contributed by atoms with Crippen molar-refractivity contribution in [3.63, 3.8) is 0 Å². The first-order chi connectivity index (χ1) is 9.67. The second kappa shape index (κ2) is 6.19. The summed E-state index contributed by atoms with van der Waals surface area (Å²) < 4.78 is 23.9. The molecular weight excluding hydrogens is 259 g/mol. The third-order valence-electron chi connectivity index (χ3n) is 2.87. The molecular formula is C16H15FO3. The van der Waals surface area contributed by atoms with Gasteiger partial charge in [-0.1, -0.05) is 24.3 Å².